The molecule has 0 atom stereocenters. The number of hydrogen-bond acceptors (Lipinski definition) is 4. The molecule has 1 aromatic heterocycles. The molecule has 4 N–H and O–H groups in total. The standard InChI is InChI=1S/C33H29F3N4O2/c1-20-15-26(17-27(16-20)33(34,35)36)32-39-29(23-7-5-22(19-41)6-8-23)30(24-11-13-28(42-2)14-12-24)40(32)18-21-3-9-25(10-4-21)31(37)38/h3-17,41H,18-19H2,1-2H3,(H3,37,38). The molecule has 5 rings (SSSR count). The van der Waals surface area contributed by atoms with Crippen molar-refractivity contribution in [2.75, 3.05) is 7.11 Å². The average molecular weight is 571 g/mol. The van der Waals surface area contributed by atoms with Crippen LogP contribution in [0.25, 0.3) is 33.9 Å². The Kier molecular flexibility index (Phi) is 7.87. The molecule has 0 fully saturated rings. The number of nitrogens with one attached hydrogen (secondary N) is 1. The number of nitrogens with two attached hydrogens (primary N) is 1. The quantitative estimate of drug-likeness (QED) is 0.138. The number of aryl methyl sites for hydroxylation is 1. The number of nitrogens with zero attached hydrogens (tertiary/aromatic N) is 2. The third kappa shape index (κ3) is 5.91. The molecule has 0 aliphatic carbocycles. The van der Waals surface area contributed by atoms with Crippen molar-refractivity contribution in [2.24, 2.45) is 5.73 Å². The predicted molar refractivity (Wildman–Crippen MR) is 157 cm³/mol. The first-order valence-electron chi connectivity index (χ1n) is 13.1. The van der Waals surface area contributed by atoms with E-state index >= 15 is 0 Å². The monoisotopic (exact) mass is 570 g/mol. The van der Waals surface area contributed by atoms with Crippen LogP contribution in [0.3, 0.4) is 0 Å². The molecule has 0 unspecified atom stereocenters. The molecule has 6 nitrogen and oxygen atoms in total. The number of aromatic nitrogens is 2. The lowest BCUT2D eigenvalue weighted by Gasteiger charge is -2.16. The highest BCUT2D eigenvalue weighted by Gasteiger charge is 2.32. The maximum atomic E-state index is 13.9. The Bertz CT molecular complexity index is 1720. The van der Waals surface area contributed by atoms with Gasteiger partial charge in [0.15, 0.2) is 0 Å². The summed E-state index contributed by atoms with van der Waals surface area (Å²) >= 11 is 0. The first kappa shape index (κ1) is 28.6. The van der Waals surface area contributed by atoms with Gasteiger partial charge in [-0.25, -0.2) is 4.98 Å². The number of aliphatic hydroxyl groups excluding tert-OH is 1. The van der Waals surface area contributed by atoms with Gasteiger partial charge in [0, 0.05) is 28.8 Å². The van der Waals surface area contributed by atoms with E-state index < -0.39 is 11.7 Å². The summed E-state index contributed by atoms with van der Waals surface area (Å²) < 4.78 is 48.9. The highest BCUT2D eigenvalue weighted by molar-refractivity contribution is 5.94. The van der Waals surface area contributed by atoms with Gasteiger partial charge in [0.1, 0.15) is 17.4 Å². The summed E-state index contributed by atoms with van der Waals surface area (Å²) in [5.41, 5.74) is 10.6. The molecule has 5 aromatic rings. The number of ether oxygens (including phenoxy) is 1. The number of halogens is 3. The molecule has 0 saturated heterocycles. The highest BCUT2D eigenvalue weighted by Crippen LogP contribution is 2.39. The first-order chi connectivity index (χ1) is 20.1. The molecule has 0 spiro atoms. The van der Waals surface area contributed by atoms with Crippen LogP contribution in [0.4, 0.5) is 13.2 Å². The molecule has 0 radical (unpaired) electrons. The number of alkyl halides is 3. The molecule has 4 aromatic carbocycles. The smallest absolute Gasteiger partial charge is 0.416 e. The zero-order valence-corrected chi connectivity index (χ0v) is 23.0. The minimum Gasteiger partial charge on any atom is -0.497 e. The molecule has 0 aliphatic rings. The number of hydrogen-bond donors (Lipinski definition) is 3. The summed E-state index contributed by atoms with van der Waals surface area (Å²) in [7, 11) is 1.58. The lowest BCUT2D eigenvalue weighted by atomic mass is 10.0. The molecule has 1 heterocycles. The normalized spacial score (nSPS) is 11.5. The number of nitrogen functional groups attached to an aromatic ring is 1. The molecule has 9 heteroatoms. The fraction of sp³-hybridized carbons (Fsp3) is 0.152. The van der Waals surface area contributed by atoms with E-state index in [1.54, 1.807) is 44.4 Å². The average Bonchev–Trinajstić information content (AvgIpc) is 3.35. The van der Waals surface area contributed by atoms with Gasteiger partial charge >= 0.3 is 6.18 Å². The number of methoxy groups -OCH3 is 1. The lowest BCUT2D eigenvalue weighted by Crippen LogP contribution is -2.11. The van der Waals surface area contributed by atoms with E-state index in [4.69, 9.17) is 20.9 Å². The maximum absolute atomic E-state index is 13.9. The molecule has 214 valence electrons. The van der Waals surface area contributed by atoms with Crippen LogP contribution in [0.2, 0.25) is 0 Å². The third-order valence-electron chi connectivity index (χ3n) is 7.01. The molecule has 0 saturated carbocycles. The number of rotatable bonds is 8. The van der Waals surface area contributed by atoms with Gasteiger partial charge in [0.2, 0.25) is 0 Å². The summed E-state index contributed by atoms with van der Waals surface area (Å²) in [5.74, 6) is 0.968. The van der Waals surface area contributed by atoms with Crippen LogP contribution >= 0.6 is 0 Å². The second kappa shape index (κ2) is 11.5. The van der Waals surface area contributed by atoms with Crippen LogP contribution in [-0.4, -0.2) is 27.6 Å². The summed E-state index contributed by atoms with van der Waals surface area (Å²) in [6.07, 6.45) is -4.53. The fourth-order valence-electron chi connectivity index (χ4n) is 4.89. The fourth-order valence-corrected chi connectivity index (χ4v) is 4.89. The maximum Gasteiger partial charge on any atom is 0.416 e. The molecule has 42 heavy (non-hydrogen) atoms. The van der Waals surface area contributed by atoms with Crippen molar-refractivity contribution in [2.45, 2.75) is 26.3 Å². The van der Waals surface area contributed by atoms with Crippen molar-refractivity contribution in [1.82, 2.24) is 9.55 Å². The van der Waals surface area contributed by atoms with Crippen molar-refractivity contribution in [1.29, 1.82) is 5.41 Å². The van der Waals surface area contributed by atoms with Crippen LogP contribution in [0.15, 0.2) is 91.0 Å². The molecular formula is C33H29F3N4O2. The van der Waals surface area contributed by atoms with E-state index in [0.29, 0.717) is 39.7 Å². The number of amidine groups is 1. The van der Waals surface area contributed by atoms with Crippen molar-refractivity contribution < 1.29 is 23.0 Å². The van der Waals surface area contributed by atoms with Crippen LogP contribution < -0.4 is 10.5 Å². The van der Waals surface area contributed by atoms with Crippen LogP contribution in [0.1, 0.15) is 27.8 Å². The Morgan fingerprint density at radius 1 is 0.881 bits per heavy atom. The predicted octanol–water partition coefficient (Wildman–Crippen LogP) is 7.04. The van der Waals surface area contributed by atoms with E-state index in [0.717, 1.165) is 34.4 Å². The van der Waals surface area contributed by atoms with Crippen LogP contribution in [0, 0.1) is 12.3 Å². The summed E-state index contributed by atoms with van der Waals surface area (Å²) in [6, 6.07) is 25.8. The Balaban J connectivity index is 1.80. The van der Waals surface area contributed by atoms with Gasteiger partial charge in [-0.2, -0.15) is 13.2 Å². The van der Waals surface area contributed by atoms with Gasteiger partial charge < -0.3 is 20.1 Å². The van der Waals surface area contributed by atoms with Gasteiger partial charge in [0.25, 0.3) is 0 Å². The van der Waals surface area contributed by atoms with Crippen molar-refractivity contribution in [3.63, 3.8) is 0 Å². The van der Waals surface area contributed by atoms with E-state index in [1.807, 2.05) is 53.1 Å². The van der Waals surface area contributed by atoms with Crippen molar-refractivity contribution >= 4 is 5.84 Å². The lowest BCUT2D eigenvalue weighted by molar-refractivity contribution is -0.137. The van der Waals surface area contributed by atoms with Gasteiger partial charge in [0.05, 0.1) is 30.7 Å². The second-order valence-electron chi connectivity index (χ2n) is 10.00. The van der Waals surface area contributed by atoms with Gasteiger partial charge in [-0.05, 0) is 66.1 Å². The topological polar surface area (TPSA) is 97.1 Å². The number of benzene rings is 4. The summed E-state index contributed by atoms with van der Waals surface area (Å²) in [6.45, 7) is 1.79. The van der Waals surface area contributed by atoms with Crippen molar-refractivity contribution in [3.8, 4) is 39.7 Å². The Morgan fingerprint density at radius 3 is 2.07 bits per heavy atom. The van der Waals surface area contributed by atoms with E-state index in [1.165, 1.54) is 0 Å². The SMILES string of the molecule is COc1ccc(-c2c(-c3ccc(CO)cc3)nc(-c3cc(C)cc(C(F)(F)F)c3)n2Cc2ccc(C(=N)N)cc2)cc1. The zero-order valence-electron chi connectivity index (χ0n) is 23.0. The Labute approximate surface area is 241 Å². The van der Waals surface area contributed by atoms with E-state index in [-0.39, 0.29) is 19.0 Å². The largest absolute Gasteiger partial charge is 0.497 e. The molecule has 0 bridgehead atoms. The van der Waals surface area contributed by atoms with Gasteiger partial charge in [-0.1, -0.05) is 48.5 Å². The van der Waals surface area contributed by atoms with Crippen molar-refractivity contribution in [3.05, 3.63) is 119 Å². The van der Waals surface area contributed by atoms with Crippen LogP contribution in [0.5, 0.6) is 5.75 Å². The zero-order chi connectivity index (χ0) is 30.0. The summed E-state index contributed by atoms with van der Waals surface area (Å²) in [5, 5.41) is 17.3. The number of imidazole rings is 1. The van der Waals surface area contributed by atoms with Gasteiger partial charge in [-0.3, -0.25) is 5.41 Å². The minimum absolute atomic E-state index is 0.0585. The molecule has 0 amide bonds. The number of aliphatic hydroxyl groups is 1. The Morgan fingerprint density at radius 2 is 1.50 bits per heavy atom. The third-order valence-corrected chi connectivity index (χ3v) is 7.01. The van der Waals surface area contributed by atoms with Crippen LogP contribution in [-0.2, 0) is 19.3 Å². The first-order valence-corrected chi connectivity index (χ1v) is 13.1. The summed E-state index contributed by atoms with van der Waals surface area (Å²) in [4.78, 5) is 4.98. The molecule has 0 aliphatic heterocycles. The second-order valence-corrected chi connectivity index (χ2v) is 10.00. The molecular weight excluding hydrogens is 541 g/mol. The minimum atomic E-state index is -4.53. The van der Waals surface area contributed by atoms with E-state index in [2.05, 4.69) is 0 Å². The van der Waals surface area contributed by atoms with E-state index in [9.17, 15) is 18.3 Å². The van der Waals surface area contributed by atoms with Gasteiger partial charge in [-0.15, -0.1) is 0 Å². The highest BCUT2D eigenvalue weighted by atomic mass is 19.4. The Hall–Kier alpha value is -4.89.